The third-order valence-corrected chi connectivity index (χ3v) is 8.90. The number of hydrogen-bond donors (Lipinski definition) is 1. The van der Waals surface area contributed by atoms with Crippen molar-refractivity contribution in [1.82, 2.24) is 25.1 Å². The Balaban J connectivity index is 1.45. The minimum absolute atomic E-state index is 0.104. The Morgan fingerprint density at radius 1 is 1.00 bits per heavy atom. The zero-order chi connectivity index (χ0) is 27.7. The van der Waals surface area contributed by atoms with Crippen molar-refractivity contribution in [3.8, 4) is 22.5 Å². The Kier molecular flexibility index (Phi) is 5.59. The van der Waals surface area contributed by atoms with Crippen molar-refractivity contribution in [1.29, 1.82) is 0 Å². The normalized spacial score (nSPS) is 21.1. The van der Waals surface area contributed by atoms with Gasteiger partial charge in [-0.1, -0.05) is 19.9 Å². The number of rotatable bonds is 5. The van der Waals surface area contributed by atoms with Crippen molar-refractivity contribution in [3.63, 3.8) is 0 Å². The van der Waals surface area contributed by atoms with E-state index < -0.39 is 27.1 Å². The fourth-order valence-corrected chi connectivity index (χ4v) is 7.03. The van der Waals surface area contributed by atoms with Gasteiger partial charge < -0.3 is 0 Å². The van der Waals surface area contributed by atoms with Crippen molar-refractivity contribution >= 4 is 15.8 Å². The molecule has 39 heavy (non-hydrogen) atoms. The molecule has 1 N–H and O–H groups in total. The Labute approximate surface area is 225 Å². The van der Waals surface area contributed by atoms with E-state index in [0.717, 1.165) is 41.6 Å². The molecule has 1 fully saturated rings. The monoisotopic (exact) mass is 548 g/mol. The minimum Gasteiger partial charge on any atom is -0.268 e. The Morgan fingerprint density at radius 2 is 1.74 bits per heavy atom. The van der Waals surface area contributed by atoms with E-state index in [1.165, 1.54) is 18.2 Å². The maximum Gasteiger partial charge on any atom is 0.230 e. The number of nitrogens with one attached hydrogen (secondary N) is 1. The second-order valence-corrected chi connectivity index (χ2v) is 12.6. The Bertz CT molecular complexity index is 1740. The summed E-state index contributed by atoms with van der Waals surface area (Å²) in [6, 6.07) is 8.88. The maximum absolute atomic E-state index is 14.5. The maximum atomic E-state index is 14.5. The van der Waals surface area contributed by atoms with Crippen LogP contribution in [0.25, 0.3) is 22.5 Å². The van der Waals surface area contributed by atoms with Gasteiger partial charge in [-0.25, -0.2) is 27.2 Å². The number of nitrogens with zero attached hydrogens (tertiary/aromatic N) is 5. The molecule has 2 aliphatic carbocycles. The van der Waals surface area contributed by atoms with E-state index in [0.29, 0.717) is 11.4 Å². The van der Waals surface area contributed by atoms with Gasteiger partial charge >= 0.3 is 0 Å². The highest BCUT2D eigenvalue weighted by atomic mass is 32.2. The average Bonchev–Trinajstić information content (AvgIpc) is 3.24. The number of aromatic nitrogens is 5. The molecule has 2 bridgehead atoms. The zero-order valence-corrected chi connectivity index (χ0v) is 22.6. The first-order valence-electron chi connectivity index (χ1n) is 12.5. The third-order valence-electron chi connectivity index (χ3n) is 8.32. The quantitative estimate of drug-likeness (QED) is 0.367. The minimum atomic E-state index is -3.46. The van der Waals surface area contributed by atoms with E-state index in [1.807, 2.05) is 0 Å². The summed E-state index contributed by atoms with van der Waals surface area (Å²) in [5.74, 6) is -1.03. The second-order valence-electron chi connectivity index (χ2n) is 10.8. The number of sulfonamides is 1. The molecule has 200 valence electrons. The van der Waals surface area contributed by atoms with Crippen LogP contribution < -0.4 is 4.72 Å². The van der Waals surface area contributed by atoms with Crippen LogP contribution in [0.3, 0.4) is 0 Å². The lowest BCUT2D eigenvalue weighted by atomic mass is 9.66. The largest absolute Gasteiger partial charge is 0.268 e. The summed E-state index contributed by atoms with van der Waals surface area (Å²) in [6.07, 6.45) is 6.12. The first-order chi connectivity index (χ1) is 18.4. The molecule has 0 spiro atoms. The SMILES string of the molecule is Cc1nc(NS(C)(=O)=O)ccc1-c1cncc([C@@]23CC[C@@H](c4cc(-c5c(F)cccc5F)nnc42)C3(C)C)n1. The summed E-state index contributed by atoms with van der Waals surface area (Å²) in [4.78, 5) is 13.9. The molecule has 0 saturated heterocycles. The van der Waals surface area contributed by atoms with Gasteiger partial charge in [-0.3, -0.25) is 9.71 Å². The van der Waals surface area contributed by atoms with Crippen LogP contribution in [-0.4, -0.2) is 39.8 Å². The molecule has 1 saturated carbocycles. The predicted octanol–water partition coefficient (Wildman–Crippen LogP) is 5.16. The molecule has 2 atom stereocenters. The molecular formula is C28H26F2N6O2S. The number of fused-ring (bicyclic) bond motifs is 5. The molecule has 8 nitrogen and oxygen atoms in total. The lowest BCUT2D eigenvalue weighted by molar-refractivity contribution is 0.242. The van der Waals surface area contributed by atoms with Crippen LogP contribution in [0.5, 0.6) is 0 Å². The lowest BCUT2D eigenvalue weighted by Crippen LogP contribution is -2.38. The highest BCUT2D eigenvalue weighted by Crippen LogP contribution is 2.69. The number of pyridine rings is 1. The third kappa shape index (κ3) is 3.82. The van der Waals surface area contributed by atoms with Gasteiger partial charge in [0.05, 0.1) is 46.2 Å². The van der Waals surface area contributed by atoms with Crippen molar-refractivity contribution in [2.24, 2.45) is 5.41 Å². The molecule has 4 aromatic rings. The first kappa shape index (κ1) is 25.4. The molecule has 0 radical (unpaired) electrons. The predicted molar refractivity (Wildman–Crippen MR) is 142 cm³/mol. The van der Waals surface area contributed by atoms with Crippen LogP contribution in [0.4, 0.5) is 14.6 Å². The van der Waals surface area contributed by atoms with E-state index in [2.05, 4.69) is 38.7 Å². The zero-order valence-electron chi connectivity index (χ0n) is 21.8. The van der Waals surface area contributed by atoms with Crippen molar-refractivity contribution in [3.05, 3.63) is 83.1 Å². The smallest absolute Gasteiger partial charge is 0.230 e. The molecule has 1 aromatic carbocycles. The number of hydrogen-bond acceptors (Lipinski definition) is 7. The van der Waals surface area contributed by atoms with Gasteiger partial charge in [0.15, 0.2) is 0 Å². The standard InChI is InChI=1S/C28H26F2N6O2S/c1-15-16(8-9-24(32-15)36-39(4,37)38)22-13-31-14-23(33-22)28-11-10-18(27(28,2)3)17-12-21(34-35-26(17)28)25-19(29)6-5-7-20(25)30/h5-9,12-14,18H,10-11H2,1-4H3,(H,32,36)/t18-,28-/m0/s1. The number of anilines is 1. The highest BCUT2D eigenvalue weighted by Gasteiger charge is 2.65. The van der Waals surface area contributed by atoms with E-state index >= 15 is 0 Å². The van der Waals surface area contributed by atoms with Gasteiger partial charge in [-0.2, -0.15) is 5.10 Å². The summed E-state index contributed by atoms with van der Waals surface area (Å²) >= 11 is 0. The highest BCUT2D eigenvalue weighted by molar-refractivity contribution is 7.92. The first-order valence-corrected chi connectivity index (χ1v) is 14.4. The van der Waals surface area contributed by atoms with Crippen molar-refractivity contribution in [2.75, 3.05) is 11.0 Å². The summed E-state index contributed by atoms with van der Waals surface area (Å²) in [5, 5.41) is 8.87. The van der Waals surface area contributed by atoms with Gasteiger partial charge in [-0.15, -0.1) is 5.10 Å². The number of benzene rings is 1. The van der Waals surface area contributed by atoms with Gasteiger partial charge in [0, 0.05) is 17.5 Å². The van der Waals surface area contributed by atoms with E-state index in [-0.39, 0.29) is 28.4 Å². The molecule has 2 aliphatic rings. The van der Waals surface area contributed by atoms with E-state index in [9.17, 15) is 17.2 Å². The summed E-state index contributed by atoms with van der Waals surface area (Å²) < 4.78 is 54.7. The van der Waals surface area contributed by atoms with Gasteiger partial charge in [0.25, 0.3) is 0 Å². The molecule has 11 heteroatoms. The van der Waals surface area contributed by atoms with Gasteiger partial charge in [0.2, 0.25) is 10.0 Å². The summed E-state index contributed by atoms with van der Waals surface area (Å²) in [7, 11) is -3.46. The molecular weight excluding hydrogens is 522 g/mol. The van der Waals surface area contributed by atoms with Gasteiger partial charge in [-0.05, 0) is 67.0 Å². The summed E-state index contributed by atoms with van der Waals surface area (Å²) in [6.45, 7) is 6.12. The number of halogens is 2. The van der Waals surface area contributed by atoms with Crippen LogP contribution >= 0.6 is 0 Å². The second kappa shape index (κ2) is 8.57. The van der Waals surface area contributed by atoms with E-state index in [1.54, 1.807) is 37.5 Å². The molecule has 6 rings (SSSR count). The molecule has 0 unspecified atom stereocenters. The van der Waals surface area contributed by atoms with Crippen LogP contribution in [0, 0.1) is 24.0 Å². The lowest BCUT2D eigenvalue weighted by Gasteiger charge is -2.37. The molecule has 3 aromatic heterocycles. The average molecular weight is 549 g/mol. The van der Waals surface area contributed by atoms with Crippen LogP contribution in [0.1, 0.15) is 55.3 Å². The fourth-order valence-electron chi connectivity index (χ4n) is 6.54. The molecule has 0 amide bonds. The van der Waals surface area contributed by atoms with Crippen LogP contribution in [0.2, 0.25) is 0 Å². The van der Waals surface area contributed by atoms with E-state index in [4.69, 9.17) is 4.98 Å². The van der Waals surface area contributed by atoms with Crippen LogP contribution in [0.15, 0.2) is 48.8 Å². The summed E-state index contributed by atoms with van der Waals surface area (Å²) in [5.41, 5.74) is 3.45. The molecule has 0 aliphatic heterocycles. The van der Waals surface area contributed by atoms with Gasteiger partial charge in [0.1, 0.15) is 17.5 Å². The Morgan fingerprint density at radius 3 is 2.44 bits per heavy atom. The molecule has 3 heterocycles. The van der Waals surface area contributed by atoms with Crippen molar-refractivity contribution < 1.29 is 17.2 Å². The Hall–Kier alpha value is -3.86. The number of aryl methyl sites for hydroxylation is 1. The fraction of sp³-hybridized carbons (Fsp3) is 0.321. The topological polar surface area (TPSA) is 111 Å². The van der Waals surface area contributed by atoms with Crippen LogP contribution in [-0.2, 0) is 15.4 Å². The van der Waals surface area contributed by atoms with Crippen molar-refractivity contribution in [2.45, 2.75) is 44.9 Å².